The molecule has 7 heteroatoms. The van der Waals surface area contributed by atoms with Gasteiger partial charge in [-0.15, -0.1) is 0 Å². The van der Waals surface area contributed by atoms with Gasteiger partial charge in [0.25, 0.3) is 5.91 Å². The van der Waals surface area contributed by atoms with Crippen molar-refractivity contribution in [2.45, 2.75) is 33.1 Å². The second-order valence-electron chi connectivity index (χ2n) is 8.58. The van der Waals surface area contributed by atoms with Crippen molar-refractivity contribution in [1.82, 2.24) is 4.98 Å². The normalized spacial score (nSPS) is 10.8. The summed E-state index contributed by atoms with van der Waals surface area (Å²) in [6, 6.07) is 24.4. The predicted octanol–water partition coefficient (Wildman–Crippen LogP) is 5.96. The number of aliphatic carboxylic acids is 1. The molecule has 4 aromatic rings. The number of aromatic nitrogens is 1. The zero-order valence-electron chi connectivity index (χ0n) is 21.0. The lowest BCUT2D eigenvalue weighted by molar-refractivity contribution is -0.136. The largest absolute Gasteiger partial charge is 0.493 e. The van der Waals surface area contributed by atoms with Crippen LogP contribution >= 0.6 is 0 Å². The standard InChI is InChI=1S/C30H30N2O5/c1-3-32(24-12-8-5-9-13-24)30(35)26-20-25(16-14-22(26)15-17-28(33)34)36-19-18-27-21(2)37-29(31-27)23-10-6-4-7-11-23/h4-14,16,20H,3,15,17-19H2,1-2H3,(H,33,34). The molecule has 0 bridgehead atoms. The third kappa shape index (κ3) is 6.44. The van der Waals surface area contributed by atoms with E-state index < -0.39 is 5.97 Å². The Morgan fingerprint density at radius 2 is 1.68 bits per heavy atom. The fraction of sp³-hybridized carbons (Fsp3) is 0.233. The molecule has 4 rings (SSSR count). The lowest BCUT2D eigenvalue weighted by atomic mass is 10.0. The van der Waals surface area contributed by atoms with Crippen molar-refractivity contribution in [2.75, 3.05) is 18.1 Å². The van der Waals surface area contributed by atoms with Gasteiger partial charge in [0.1, 0.15) is 11.5 Å². The summed E-state index contributed by atoms with van der Waals surface area (Å²) in [5.74, 6) is 0.746. The van der Waals surface area contributed by atoms with Gasteiger partial charge in [0.2, 0.25) is 5.89 Å². The molecule has 0 aliphatic rings. The molecular weight excluding hydrogens is 468 g/mol. The number of carboxylic acids is 1. The number of carbonyl (C=O) groups is 2. The number of ether oxygens (including phenoxy) is 1. The summed E-state index contributed by atoms with van der Waals surface area (Å²) in [6.07, 6.45) is 0.730. The highest BCUT2D eigenvalue weighted by atomic mass is 16.5. The summed E-state index contributed by atoms with van der Waals surface area (Å²) in [6.45, 7) is 4.61. The van der Waals surface area contributed by atoms with Gasteiger partial charge in [-0.25, -0.2) is 4.98 Å². The Kier molecular flexibility index (Phi) is 8.36. The maximum atomic E-state index is 13.6. The third-order valence-electron chi connectivity index (χ3n) is 6.07. The summed E-state index contributed by atoms with van der Waals surface area (Å²) < 4.78 is 11.8. The third-order valence-corrected chi connectivity index (χ3v) is 6.07. The molecule has 1 N–H and O–H groups in total. The molecule has 0 saturated heterocycles. The Bertz CT molecular complexity index is 1350. The number of anilines is 1. The number of para-hydroxylation sites is 1. The molecule has 0 atom stereocenters. The van der Waals surface area contributed by atoms with Gasteiger partial charge in [-0.2, -0.15) is 0 Å². The number of oxazole rings is 1. The molecule has 0 fully saturated rings. The quantitative estimate of drug-likeness (QED) is 0.274. The van der Waals surface area contributed by atoms with Gasteiger partial charge in [-0.05, 0) is 62.2 Å². The second-order valence-corrected chi connectivity index (χ2v) is 8.58. The Balaban J connectivity index is 1.51. The predicted molar refractivity (Wildman–Crippen MR) is 142 cm³/mol. The molecular formula is C30H30N2O5. The monoisotopic (exact) mass is 498 g/mol. The van der Waals surface area contributed by atoms with E-state index in [1.165, 1.54) is 0 Å². The van der Waals surface area contributed by atoms with Gasteiger partial charge in [0.05, 0.1) is 12.3 Å². The zero-order valence-corrected chi connectivity index (χ0v) is 21.0. The van der Waals surface area contributed by atoms with Gasteiger partial charge >= 0.3 is 5.97 Å². The number of nitrogens with zero attached hydrogens (tertiary/aromatic N) is 2. The first-order valence-corrected chi connectivity index (χ1v) is 12.3. The lowest BCUT2D eigenvalue weighted by Gasteiger charge is -2.23. The molecule has 0 aliphatic heterocycles. The van der Waals surface area contributed by atoms with Gasteiger partial charge in [0, 0.05) is 36.2 Å². The Morgan fingerprint density at radius 3 is 2.35 bits per heavy atom. The maximum Gasteiger partial charge on any atom is 0.303 e. The van der Waals surface area contributed by atoms with E-state index in [9.17, 15) is 14.7 Å². The first kappa shape index (κ1) is 25.7. The summed E-state index contributed by atoms with van der Waals surface area (Å²) in [5.41, 5.74) is 3.62. The first-order chi connectivity index (χ1) is 18.0. The SMILES string of the molecule is CCN(C(=O)c1cc(OCCc2nc(-c3ccccc3)oc2C)ccc1CCC(=O)O)c1ccccc1. The van der Waals surface area contributed by atoms with Crippen LogP contribution < -0.4 is 9.64 Å². The van der Waals surface area contributed by atoms with E-state index in [2.05, 4.69) is 4.98 Å². The maximum absolute atomic E-state index is 13.6. The van der Waals surface area contributed by atoms with Crippen LogP contribution in [0.4, 0.5) is 5.69 Å². The number of carboxylic acid groups (broad SMARTS) is 1. The zero-order chi connectivity index (χ0) is 26.2. The molecule has 0 radical (unpaired) electrons. The summed E-state index contributed by atoms with van der Waals surface area (Å²) in [5, 5.41) is 9.18. The highest BCUT2D eigenvalue weighted by Gasteiger charge is 2.21. The lowest BCUT2D eigenvalue weighted by Crippen LogP contribution is -2.31. The number of hydrogen-bond donors (Lipinski definition) is 1. The van der Waals surface area contributed by atoms with Crippen LogP contribution in [0.5, 0.6) is 5.75 Å². The van der Waals surface area contributed by atoms with Gasteiger partial charge in [0.15, 0.2) is 0 Å². The number of carbonyl (C=O) groups excluding carboxylic acids is 1. The smallest absolute Gasteiger partial charge is 0.303 e. The van der Waals surface area contributed by atoms with Crippen molar-refractivity contribution < 1.29 is 23.8 Å². The Morgan fingerprint density at radius 1 is 0.973 bits per heavy atom. The summed E-state index contributed by atoms with van der Waals surface area (Å²) in [7, 11) is 0. The molecule has 190 valence electrons. The van der Waals surface area contributed by atoms with E-state index in [0.29, 0.717) is 42.3 Å². The van der Waals surface area contributed by atoms with E-state index in [1.54, 1.807) is 23.1 Å². The first-order valence-electron chi connectivity index (χ1n) is 12.3. The fourth-order valence-electron chi connectivity index (χ4n) is 4.13. The Hall–Kier alpha value is -4.39. The molecule has 1 aromatic heterocycles. The molecule has 0 saturated carbocycles. The van der Waals surface area contributed by atoms with E-state index in [4.69, 9.17) is 9.15 Å². The number of amides is 1. The van der Waals surface area contributed by atoms with E-state index in [-0.39, 0.29) is 18.7 Å². The van der Waals surface area contributed by atoms with Crippen molar-refractivity contribution in [3.8, 4) is 17.2 Å². The molecule has 37 heavy (non-hydrogen) atoms. The van der Waals surface area contributed by atoms with Crippen molar-refractivity contribution in [3.63, 3.8) is 0 Å². The van der Waals surface area contributed by atoms with Crippen LogP contribution in [-0.4, -0.2) is 35.1 Å². The molecule has 1 amide bonds. The van der Waals surface area contributed by atoms with Crippen LogP contribution in [0, 0.1) is 6.92 Å². The van der Waals surface area contributed by atoms with Crippen LogP contribution in [0.3, 0.4) is 0 Å². The number of hydrogen-bond acceptors (Lipinski definition) is 5. The molecule has 0 spiro atoms. The van der Waals surface area contributed by atoms with Gasteiger partial charge in [-0.1, -0.05) is 42.5 Å². The topological polar surface area (TPSA) is 92.9 Å². The van der Waals surface area contributed by atoms with Crippen LogP contribution in [0.1, 0.15) is 40.7 Å². The van der Waals surface area contributed by atoms with Crippen LogP contribution in [-0.2, 0) is 17.6 Å². The molecule has 0 aliphatic carbocycles. The van der Waals surface area contributed by atoms with Gasteiger partial charge < -0.3 is 19.2 Å². The number of aryl methyl sites for hydroxylation is 2. The Labute approximate surface area is 216 Å². The second kappa shape index (κ2) is 12.0. The average molecular weight is 499 g/mol. The summed E-state index contributed by atoms with van der Waals surface area (Å²) >= 11 is 0. The average Bonchev–Trinajstić information content (AvgIpc) is 3.29. The van der Waals surface area contributed by atoms with Crippen LogP contribution in [0.15, 0.2) is 83.3 Å². The molecule has 0 unspecified atom stereocenters. The molecule has 1 heterocycles. The van der Waals surface area contributed by atoms with Crippen molar-refractivity contribution in [1.29, 1.82) is 0 Å². The summed E-state index contributed by atoms with van der Waals surface area (Å²) in [4.78, 5) is 31.1. The van der Waals surface area contributed by atoms with Crippen LogP contribution in [0.25, 0.3) is 11.5 Å². The van der Waals surface area contributed by atoms with Crippen LogP contribution in [0.2, 0.25) is 0 Å². The fourth-order valence-corrected chi connectivity index (χ4v) is 4.13. The van der Waals surface area contributed by atoms with Gasteiger partial charge in [-0.3, -0.25) is 9.59 Å². The minimum absolute atomic E-state index is 0.0624. The minimum Gasteiger partial charge on any atom is -0.493 e. The van der Waals surface area contributed by atoms with E-state index in [0.717, 1.165) is 22.7 Å². The molecule has 7 nitrogen and oxygen atoms in total. The highest BCUT2D eigenvalue weighted by molar-refractivity contribution is 6.07. The van der Waals surface area contributed by atoms with Crippen molar-refractivity contribution in [2.24, 2.45) is 0 Å². The highest BCUT2D eigenvalue weighted by Crippen LogP contribution is 2.25. The van der Waals surface area contributed by atoms with Crippen molar-refractivity contribution >= 4 is 17.6 Å². The minimum atomic E-state index is -0.910. The van der Waals surface area contributed by atoms with Crippen molar-refractivity contribution in [3.05, 3.63) is 101 Å². The number of benzene rings is 3. The molecule has 3 aromatic carbocycles. The van der Waals surface area contributed by atoms with E-state index >= 15 is 0 Å². The number of rotatable bonds is 11. The van der Waals surface area contributed by atoms with E-state index in [1.807, 2.05) is 74.5 Å².